The summed E-state index contributed by atoms with van der Waals surface area (Å²) >= 11 is 0. The van der Waals surface area contributed by atoms with Crippen LogP contribution in [0.1, 0.15) is 22.7 Å². The van der Waals surface area contributed by atoms with Gasteiger partial charge in [-0.25, -0.2) is 0 Å². The Morgan fingerprint density at radius 3 is 2.79 bits per heavy atom. The van der Waals surface area contributed by atoms with Crippen LogP contribution in [0.5, 0.6) is 0 Å². The first kappa shape index (κ1) is 11.5. The molecule has 2 aromatic rings. The van der Waals surface area contributed by atoms with E-state index in [1.54, 1.807) is 5.56 Å². The van der Waals surface area contributed by atoms with Crippen molar-refractivity contribution in [3.05, 3.63) is 35.0 Å². The highest BCUT2D eigenvalue weighted by Crippen LogP contribution is 2.29. The number of rotatable bonds is 1. The third-order valence-electron chi connectivity index (χ3n) is 4.76. The monoisotopic (exact) mass is 255 g/mol. The van der Waals surface area contributed by atoms with E-state index in [0.717, 1.165) is 25.4 Å². The lowest BCUT2D eigenvalue weighted by molar-refractivity contribution is 0.352. The minimum Gasteiger partial charge on any atom is -0.358 e. The molecule has 0 bridgehead atoms. The maximum Gasteiger partial charge on any atom is 0.0461 e. The van der Waals surface area contributed by atoms with Crippen molar-refractivity contribution in [3.63, 3.8) is 0 Å². The van der Waals surface area contributed by atoms with Crippen LogP contribution in [0.3, 0.4) is 0 Å². The predicted octanol–water partition coefficient (Wildman–Crippen LogP) is 1.89. The van der Waals surface area contributed by atoms with E-state index in [4.69, 9.17) is 0 Å². The van der Waals surface area contributed by atoms with Gasteiger partial charge in [0.1, 0.15) is 0 Å². The highest BCUT2D eigenvalue weighted by Gasteiger charge is 2.21. The van der Waals surface area contributed by atoms with Crippen LogP contribution in [0.25, 0.3) is 10.9 Å². The normalized spacial score (nSPS) is 21.1. The quantitative estimate of drug-likeness (QED) is 0.815. The Hall–Kier alpha value is -1.32. The van der Waals surface area contributed by atoms with E-state index in [0.29, 0.717) is 0 Å². The lowest BCUT2D eigenvalue weighted by Gasteiger charge is -2.27. The molecule has 0 spiro atoms. The van der Waals surface area contributed by atoms with E-state index in [9.17, 15) is 0 Å². The Labute approximate surface area is 114 Å². The topological polar surface area (TPSA) is 31.1 Å². The molecule has 2 aliphatic rings. The molecule has 1 fully saturated rings. The molecule has 2 aliphatic heterocycles. The maximum absolute atomic E-state index is 3.67. The van der Waals surface area contributed by atoms with Gasteiger partial charge < -0.3 is 15.2 Å². The van der Waals surface area contributed by atoms with Crippen molar-refractivity contribution in [2.24, 2.45) is 0 Å². The predicted molar refractivity (Wildman–Crippen MR) is 78.8 cm³/mol. The van der Waals surface area contributed by atoms with Gasteiger partial charge in [0.2, 0.25) is 0 Å². The Kier molecular flexibility index (Phi) is 2.64. The van der Waals surface area contributed by atoms with Crippen molar-refractivity contribution in [1.29, 1.82) is 0 Å². The van der Waals surface area contributed by atoms with E-state index in [1.165, 1.54) is 41.7 Å². The van der Waals surface area contributed by atoms with Crippen LogP contribution in [0.2, 0.25) is 0 Å². The Morgan fingerprint density at radius 1 is 1.16 bits per heavy atom. The van der Waals surface area contributed by atoms with Crippen molar-refractivity contribution in [3.8, 4) is 0 Å². The van der Waals surface area contributed by atoms with Gasteiger partial charge in [0, 0.05) is 55.1 Å². The van der Waals surface area contributed by atoms with Gasteiger partial charge in [-0.3, -0.25) is 0 Å². The molecule has 3 heteroatoms. The summed E-state index contributed by atoms with van der Waals surface area (Å²) in [5, 5.41) is 4.80. The molecule has 100 valence electrons. The van der Waals surface area contributed by atoms with Crippen molar-refractivity contribution in [1.82, 2.24) is 15.2 Å². The summed E-state index contributed by atoms with van der Waals surface area (Å²) in [5.41, 5.74) is 5.85. The van der Waals surface area contributed by atoms with Crippen molar-refractivity contribution in [2.45, 2.75) is 18.8 Å². The molecule has 0 unspecified atom stereocenters. The zero-order chi connectivity index (χ0) is 12.8. The Balaban J connectivity index is 1.76. The Morgan fingerprint density at radius 2 is 2.00 bits per heavy atom. The highest BCUT2D eigenvalue weighted by atomic mass is 15.1. The molecule has 4 rings (SSSR count). The zero-order valence-electron chi connectivity index (χ0n) is 11.5. The number of benzene rings is 1. The first-order valence-electron chi connectivity index (χ1n) is 7.34. The molecule has 0 saturated carbocycles. The van der Waals surface area contributed by atoms with Crippen LogP contribution in [0.15, 0.2) is 18.2 Å². The first-order chi connectivity index (χ1) is 9.31. The molecule has 0 radical (unpaired) electrons. The van der Waals surface area contributed by atoms with Gasteiger partial charge in [-0.15, -0.1) is 0 Å². The number of aromatic amines is 1. The van der Waals surface area contributed by atoms with Gasteiger partial charge in [-0.1, -0.05) is 12.1 Å². The smallest absolute Gasteiger partial charge is 0.0461 e. The fraction of sp³-hybridized carbons (Fsp3) is 0.500. The van der Waals surface area contributed by atoms with Crippen LogP contribution in [-0.4, -0.2) is 43.1 Å². The summed E-state index contributed by atoms with van der Waals surface area (Å²) in [6.45, 7) is 4.61. The number of likely N-dealkylation sites (N-methyl/N-ethyl adjacent to an activating group) is 1. The van der Waals surface area contributed by atoms with E-state index < -0.39 is 0 Å². The molecule has 1 aromatic carbocycles. The number of fused-ring (bicyclic) bond motifs is 3. The first-order valence-corrected chi connectivity index (χ1v) is 7.34. The lowest BCUT2D eigenvalue weighted by atomic mass is 9.92. The van der Waals surface area contributed by atoms with Crippen LogP contribution in [-0.2, 0) is 12.8 Å². The van der Waals surface area contributed by atoms with E-state index in [2.05, 4.69) is 40.4 Å². The molecule has 2 N–H and O–H groups in total. The summed E-state index contributed by atoms with van der Waals surface area (Å²) < 4.78 is 0. The van der Waals surface area contributed by atoms with Crippen molar-refractivity contribution in [2.75, 3.05) is 33.2 Å². The zero-order valence-corrected chi connectivity index (χ0v) is 11.5. The van der Waals surface area contributed by atoms with Crippen molar-refractivity contribution >= 4 is 10.9 Å². The SMILES string of the molecule is CN1CCc2[nH]c3cc(C4CNC4)ccc3c2CC1. The van der Waals surface area contributed by atoms with Gasteiger partial charge >= 0.3 is 0 Å². The summed E-state index contributed by atoms with van der Waals surface area (Å²) in [6.07, 6.45) is 2.33. The number of aromatic nitrogens is 1. The molecule has 1 aromatic heterocycles. The second-order valence-corrected chi connectivity index (χ2v) is 6.05. The number of hydrogen-bond acceptors (Lipinski definition) is 2. The van der Waals surface area contributed by atoms with Gasteiger partial charge in [0.25, 0.3) is 0 Å². The Bertz CT molecular complexity index is 610. The number of nitrogens with one attached hydrogen (secondary N) is 2. The summed E-state index contributed by atoms with van der Waals surface area (Å²) in [4.78, 5) is 6.10. The van der Waals surface area contributed by atoms with Crippen LogP contribution in [0.4, 0.5) is 0 Å². The molecule has 19 heavy (non-hydrogen) atoms. The molecular formula is C16H21N3. The van der Waals surface area contributed by atoms with Crippen LogP contribution < -0.4 is 5.32 Å². The van der Waals surface area contributed by atoms with E-state index in [-0.39, 0.29) is 0 Å². The number of H-pyrrole nitrogens is 1. The molecule has 0 aliphatic carbocycles. The number of nitrogens with zero attached hydrogens (tertiary/aromatic N) is 1. The minimum absolute atomic E-state index is 0.721. The molecule has 3 nitrogen and oxygen atoms in total. The third kappa shape index (κ3) is 1.88. The summed E-state index contributed by atoms with van der Waals surface area (Å²) in [7, 11) is 2.22. The molecule has 0 amide bonds. The summed E-state index contributed by atoms with van der Waals surface area (Å²) in [5.74, 6) is 0.721. The van der Waals surface area contributed by atoms with Gasteiger partial charge in [-0.05, 0) is 30.7 Å². The van der Waals surface area contributed by atoms with E-state index >= 15 is 0 Å². The average molecular weight is 255 g/mol. The molecule has 1 saturated heterocycles. The van der Waals surface area contributed by atoms with E-state index in [1.807, 2.05) is 0 Å². The fourth-order valence-electron chi connectivity index (χ4n) is 3.32. The van der Waals surface area contributed by atoms with Gasteiger partial charge in [0.15, 0.2) is 0 Å². The standard InChI is InChI=1S/C16H21N3/c1-19-6-4-14-13-3-2-11(12-9-17-10-12)8-16(13)18-15(14)5-7-19/h2-3,8,12,17-18H,4-7,9-10H2,1H3. The summed E-state index contributed by atoms with van der Waals surface area (Å²) in [6, 6.07) is 7.04. The average Bonchev–Trinajstić information content (AvgIpc) is 2.58. The molecular weight excluding hydrogens is 234 g/mol. The largest absolute Gasteiger partial charge is 0.358 e. The van der Waals surface area contributed by atoms with Crippen LogP contribution >= 0.6 is 0 Å². The highest BCUT2D eigenvalue weighted by molar-refractivity contribution is 5.85. The van der Waals surface area contributed by atoms with Crippen molar-refractivity contribution < 1.29 is 0 Å². The number of hydrogen-bond donors (Lipinski definition) is 2. The second kappa shape index (κ2) is 4.36. The fourth-order valence-corrected chi connectivity index (χ4v) is 3.32. The lowest BCUT2D eigenvalue weighted by Crippen LogP contribution is -2.39. The molecule has 0 atom stereocenters. The maximum atomic E-state index is 3.67. The van der Waals surface area contributed by atoms with Gasteiger partial charge in [0.05, 0.1) is 0 Å². The minimum atomic E-state index is 0.721. The van der Waals surface area contributed by atoms with Gasteiger partial charge in [-0.2, -0.15) is 0 Å². The molecule has 3 heterocycles. The third-order valence-corrected chi connectivity index (χ3v) is 4.76. The van der Waals surface area contributed by atoms with Crippen LogP contribution in [0, 0.1) is 0 Å². The second-order valence-electron chi connectivity index (χ2n) is 6.05.